The number of hydrogen-bond donors (Lipinski definition) is 1. The first-order chi connectivity index (χ1) is 7.13. The van der Waals surface area contributed by atoms with E-state index < -0.39 is 0 Å². The van der Waals surface area contributed by atoms with Crippen molar-refractivity contribution in [1.82, 2.24) is 4.90 Å². The van der Waals surface area contributed by atoms with E-state index in [1.165, 1.54) is 4.90 Å². The van der Waals surface area contributed by atoms with Gasteiger partial charge in [-0.15, -0.1) is 6.42 Å². The molecule has 0 atom stereocenters. The lowest BCUT2D eigenvalue weighted by atomic mass is 10.2. The molecule has 0 saturated carbocycles. The van der Waals surface area contributed by atoms with Gasteiger partial charge < -0.3 is 10.2 Å². The summed E-state index contributed by atoms with van der Waals surface area (Å²) in [4.78, 5) is 13.0. The topological polar surface area (TPSA) is 32.3 Å². The van der Waals surface area contributed by atoms with Crippen LogP contribution >= 0.6 is 0 Å². The molecule has 0 spiro atoms. The number of carbonyl (C=O) groups excluding carboxylic acids is 1. The Morgan fingerprint density at radius 3 is 2.60 bits per heavy atom. The van der Waals surface area contributed by atoms with E-state index in [1.807, 2.05) is 31.2 Å². The normalized spacial score (nSPS) is 9.13. The fraction of sp³-hybridized carbons (Fsp3) is 0.250. The van der Waals surface area contributed by atoms with E-state index in [-0.39, 0.29) is 6.03 Å². The number of carbonyl (C=O) groups is 1. The van der Waals surface area contributed by atoms with Crippen molar-refractivity contribution >= 4 is 11.7 Å². The van der Waals surface area contributed by atoms with Crippen molar-refractivity contribution in [2.75, 3.05) is 18.9 Å². The Balaban J connectivity index is 2.59. The SMILES string of the molecule is C#CCN(C)C(=O)Nc1ccc(C)cc1. The Labute approximate surface area is 90.1 Å². The lowest BCUT2D eigenvalue weighted by Crippen LogP contribution is -2.31. The van der Waals surface area contributed by atoms with Gasteiger partial charge in [-0.2, -0.15) is 0 Å². The van der Waals surface area contributed by atoms with Gasteiger partial charge >= 0.3 is 6.03 Å². The maximum absolute atomic E-state index is 11.5. The number of urea groups is 1. The number of nitrogens with one attached hydrogen (secondary N) is 1. The van der Waals surface area contributed by atoms with Gasteiger partial charge in [0, 0.05) is 12.7 Å². The zero-order valence-corrected chi connectivity index (χ0v) is 8.95. The highest BCUT2D eigenvalue weighted by molar-refractivity contribution is 5.89. The molecule has 0 heterocycles. The Bertz CT molecular complexity index is 376. The largest absolute Gasteiger partial charge is 0.322 e. The third-order valence-electron chi connectivity index (χ3n) is 1.98. The van der Waals surface area contributed by atoms with E-state index in [2.05, 4.69) is 11.2 Å². The van der Waals surface area contributed by atoms with Crippen molar-refractivity contribution in [3.05, 3.63) is 29.8 Å². The molecule has 0 aromatic heterocycles. The summed E-state index contributed by atoms with van der Waals surface area (Å²) in [6, 6.07) is 7.40. The van der Waals surface area contributed by atoms with Gasteiger partial charge in [-0.05, 0) is 19.1 Å². The first-order valence-corrected chi connectivity index (χ1v) is 4.65. The highest BCUT2D eigenvalue weighted by Gasteiger charge is 2.06. The number of rotatable bonds is 2. The molecule has 1 N–H and O–H groups in total. The lowest BCUT2D eigenvalue weighted by Gasteiger charge is -2.14. The molecule has 0 aliphatic heterocycles. The summed E-state index contributed by atoms with van der Waals surface area (Å²) in [5.74, 6) is 2.41. The third-order valence-corrected chi connectivity index (χ3v) is 1.98. The summed E-state index contributed by atoms with van der Waals surface area (Å²) in [6.45, 7) is 2.30. The second-order valence-electron chi connectivity index (χ2n) is 3.36. The van der Waals surface area contributed by atoms with Gasteiger partial charge in [-0.25, -0.2) is 4.79 Å². The van der Waals surface area contributed by atoms with Crippen LogP contribution in [0.15, 0.2) is 24.3 Å². The number of benzene rings is 1. The van der Waals surface area contributed by atoms with Gasteiger partial charge in [-0.3, -0.25) is 0 Å². The first kappa shape index (κ1) is 11.1. The molecule has 1 rings (SSSR count). The Hall–Kier alpha value is -1.95. The molecule has 0 radical (unpaired) electrons. The zero-order chi connectivity index (χ0) is 11.3. The fourth-order valence-corrected chi connectivity index (χ4v) is 1.06. The molecule has 0 aliphatic carbocycles. The van der Waals surface area contributed by atoms with Crippen molar-refractivity contribution < 1.29 is 4.79 Å². The van der Waals surface area contributed by atoms with E-state index in [4.69, 9.17) is 6.42 Å². The second-order valence-corrected chi connectivity index (χ2v) is 3.36. The number of hydrogen-bond acceptors (Lipinski definition) is 1. The first-order valence-electron chi connectivity index (χ1n) is 4.65. The van der Waals surface area contributed by atoms with Gasteiger partial charge in [0.25, 0.3) is 0 Å². The number of amides is 2. The standard InChI is InChI=1S/C12H14N2O/c1-4-9-14(3)12(15)13-11-7-5-10(2)6-8-11/h1,5-8H,9H2,2-3H3,(H,13,15). The van der Waals surface area contributed by atoms with Gasteiger partial charge in [-0.1, -0.05) is 23.6 Å². The van der Waals surface area contributed by atoms with E-state index >= 15 is 0 Å². The van der Waals surface area contributed by atoms with Crippen LogP contribution in [0.4, 0.5) is 10.5 Å². The summed E-state index contributed by atoms with van der Waals surface area (Å²) >= 11 is 0. The highest BCUT2D eigenvalue weighted by Crippen LogP contribution is 2.08. The molecule has 0 aliphatic rings. The van der Waals surface area contributed by atoms with Gasteiger partial charge in [0.05, 0.1) is 6.54 Å². The Kier molecular flexibility index (Phi) is 3.75. The molecule has 1 aromatic carbocycles. The van der Waals surface area contributed by atoms with E-state index in [0.29, 0.717) is 6.54 Å². The summed E-state index contributed by atoms with van der Waals surface area (Å²) < 4.78 is 0. The van der Waals surface area contributed by atoms with Gasteiger partial charge in [0.1, 0.15) is 0 Å². The van der Waals surface area contributed by atoms with Crippen molar-refractivity contribution in [3.63, 3.8) is 0 Å². The van der Waals surface area contributed by atoms with Crippen molar-refractivity contribution in [2.45, 2.75) is 6.92 Å². The maximum atomic E-state index is 11.5. The average Bonchev–Trinajstić information content (AvgIpc) is 2.22. The number of aryl methyl sites for hydroxylation is 1. The maximum Gasteiger partial charge on any atom is 0.322 e. The number of anilines is 1. The lowest BCUT2D eigenvalue weighted by molar-refractivity contribution is 0.227. The molecule has 1 aromatic rings. The summed E-state index contributed by atoms with van der Waals surface area (Å²) in [6.07, 6.45) is 5.11. The summed E-state index contributed by atoms with van der Waals surface area (Å²) in [5.41, 5.74) is 1.93. The zero-order valence-electron chi connectivity index (χ0n) is 8.95. The van der Waals surface area contributed by atoms with Crippen LogP contribution in [0.3, 0.4) is 0 Å². The predicted molar refractivity (Wildman–Crippen MR) is 61.7 cm³/mol. The molecular weight excluding hydrogens is 188 g/mol. The average molecular weight is 202 g/mol. The molecule has 0 fully saturated rings. The molecule has 3 heteroatoms. The van der Waals surface area contributed by atoms with Crippen molar-refractivity contribution in [1.29, 1.82) is 0 Å². The van der Waals surface area contributed by atoms with Crippen LogP contribution in [0, 0.1) is 19.3 Å². The summed E-state index contributed by atoms with van der Waals surface area (Å²) in [7, 11) is 1.66. The molecule has 15 heavy (non-hydrogen) atoms. The molecule has 2 amide bonds. The van der Waals surface area contributed by atoms with Crippen LogP contribution in [-0.2, 0) is 0 Å². The quantitative estimate of drug-likeness (QED) is 0.732. The Morgan fingerprint density at radius 1 is 1.47 bits per heavy atom. The minimum atomic E-state index is -0.197. The monoisotopic (exact) mass is 202 g/mol. The molecule has 0 saturated heterocycles. The van der Waals surface area contributed by atoms with E-state index in [1.54, 1.807) is 7.05 Å². The van der Waals surface area contributed by atoms with E-state index in [9.17, 15) is 4.79 Å². The molecule has 78 valence electrons. The second kappa shape index (κ2) is 5.06. The number of terminal acetylenes is 1. The van der Waals surface area contributed by atoms with Crippen LogP contribution in [0.25, 0.3) is 0 Å². The van der Waals surface area contributed by atoms with Crippen molar-refractivity contribution in [3.8, 4) is 12.3 Å². The van der Waals surface area contributed by atoms with Crippen LogP contribution in [0.2, 0.25) is 0 Å². The van der Waals surface area contributed by atoms with Crippen LogP contribution in [-0.4, -0.2) is 24.5 Å². The van der Waals surface area contributed by atoms with Crippen LogP contribution in [0.1, 0.15) is 5.56 Å². The Morgan fingerprint density at radius 2 is 2.07 bits per heavy atom. The minimum absolute atomic E-state index is 0.197. The van der Waals surface area contributed by atoms with E-state index in [0.717, 1.165) is 11.3 Å². The highest BCUT2D eigenvalue weighted by atomic mass is 16.2. The number of nitrogens with zero attached hydrogens (tertiary/aromatic N) is 1. The molecular formula is C12H14N2O. The minimum Gasteiger partial charge on any atom is -0.316 e. The smallest absolute Gasteiger partial charge is 0.316 e. The predicted octanol–water partition coefficient (Wildman–Crippen LogP) is 2.09. The van der Waals surface area contributed by atoms with Gasteiger partial charge in [0.2, 0.25) is 0 Å². The fourth-order valence-electron chi connectivity index (χ4n) is 1.06. The van der Waals surface area contributed by atoms with Crippen molar-refractivity contribution in [2.24, 2.45) is 0 Å². The third kappa shape index (κ3) is 3.35. The summed E-state index contributed by atoms with van der Waals surface area (Å²) in [5, 5.41) is 2.75. The molecule has 0 unspecified atom stereocenters. The van der Waals surface area contributed by atoms with Crippen LogP contribution in [0.5, 0.6) is 0 Å². The molecule has 3 nitrogen and oxygen atoms in total. The molecule has 0 bridgehead atoms. The van der Waals surface area contributed by atoms with Crippen LogP contribution < -0.4 is 5.32 Å². The van der Waals surface area contributed by atoms with Gasteiger partial charge in [0.15, 0.2) is 0 Å².